The molecule has 3 heteroatoms. The van der Waals surface area contributed by atoms with Crippen LogP contribution in [0.5, 0.6) is 0 Å². The second-order valence-corrected chi connectivity index (χ2v) is 6.99. The zero-order chi connectivity index (χ0) is 12.2. The first-order chi connectivity index (χ1) is 8.00. The van der Waals surface area contributed by atoms with Crippen LogP contribution in [0.25, 0.3) is 0 Å². The highest BCUT2D eigenvalue weighted by atomic mass is 32.2. The average Bonchev–Trinajstić information content (AvgIpc) is 3.08. The van der Waals surface area contributed by atoms with Crippen molar-refractivity contribution in [1.29, 1.82) is 0 Å². The summed E-state index contributed by atoms with van der Waals surface area (Å²) < 4.78 is 0. The number of hydrogen-bond donors (Lipinski definition) is 1. The zero-order valence-corrected chi connectivity index (χ0v) is 11.4. The van der Waals surface area contributed by atoms with Crippen molar-refractivity contribution in [3.63, 3.8) is 0 Å². The van der Waals surface area contributed by atoms with Crippen LogP contribution < -0.4 is 0 Å². The maximum atomic E-state index is 10.2. The first-order valence-electron chi connectivity index (χ1n) is 6.23. The van der Waals surface area contributed by atoms with Crippen molar-refractivity contribution in [2.24, 2.45) is 0 Å². The quantitative estimate of drug-likeness (QED) is 0.813. The number of hydroxylamine groups is 2. The molecule has 0 aliphatic carbocycles. The Morgan fingerprint density at radius 3 is 2.82 bits per heavy atom. The minimum atomic E-state index is -0.262. The molecule has 1 fully saturated rings. The molecule has 0 amide bonds. The van der Waals surface area contributed by atoms with Crippen molar-refractivity contribution in [2.75, 3.05) is 5.75 Å². The number of thioether (sulfide) groups is 1. The molecule has 17 heavy (non-hydrogen) atoms. The van der Waals surface area contributed by atoms with Gasteiger partial charge < -0.3 is 5.21 Å². The monoisotopic (exact) mass is 249 g/mol. The number of fused-ring (bicyclic) bond motifs is 1. The van der Waals surface area contributed by atoms with Gasteiger partial charge in [-0.05, 0) is 43.9 Å². The Kier molecular flexibility index (Phi) is 2.55. The van der Waals surface area contributed by atoms with Crippen LogP contribution in [0.2, 0.25) is 0 Å². The largest absolute Gasteiger partial charge is 0.313 e. The predicted octanol–water partition coefficient (Wildman–Crippen LogP) is 3.35. The minimum Gasteiger partial charge on any atom is -0.313 e. The third-order valence-corrected chi connectivity index (χ3v) is 5.00. The van der Waals surface area contributed by atoms with E-state index in [0.717, 1.165) is 5.25 Å². The Bertz CT molecular complexity index is 454. The van der Waals surface area contributed by atoms with Crippen molar-refractivity contribution in [3.05, 3.63) is 34.9 Å². The number of hydrogen-bond acceptors (Lipinski definition) is 3. The second kappa shape index (κ2) is 3.74. The minimum absolute atomic E-state index is 0.101. The lowest BCUT2D eigenvalue weighted by atomic mass is 9.91. The van der Waals surface area contributed by atoms with Gasteiger partial charge in [0.05, 0.1) is 11.6 Å². The highest BCUT2D eigenvalue weighted by molar-refractivity contribution is 8.06. The molecule has 2 unspecified atom stereocenters. The van der Waals surface area contributed by atoms with Crippen LogP contribution in [0, 0.1) is 0 Å². The lowest BCUT2D eigenvalue weighted by Gasteiger charge is -2.28. The maximum absolute atomic E-state index is 10.2. The molecule has 2 heterocycles. The van der Waals surface area contributed by atoms with E-state index in [4.69, 9.17) is 0 Å². The molecule has 2 aliphatic rings. The lowest BCUT2D eigenvalue weighted by Crippen LogP contribution is -2.33. The van der Waals surface area contributed by atoms with Gasteiger partial charge in [0, 0.05) is 11.0 Å². The zero-order valence-electron chi connectivity index (χ0n) is 10.6. The molecule has 2 nitrogen and oxygen atoms in total. The molecule has 0 bridgehead atoms. The molecule has 1 aromatic rings. The van der Waals surface area contributed by atoms with E-state index in [1.165, 1.54) is 33.9 Å². The van der Waals surface area contributed by atoms with Crippen LogP contribution in [0.15, 0.2) is 18.2 Å². The van der Waals surface area contributed by atoms with Crippen LogP contribution >= 0.6 is 11.8 Å². The molecule has 0 aromatic heterocycles. The van der Waals surface area contributed by atoms with Gasteiger partial charge in [0.25, 0.3) is 0 Å². The molecule has 0 saturated carbocycles. The van der Waals surface area contributed by atoms with Gasteiger partial charge in [-0.15, -0.1) is 0 Å². The van der Waals surface area contributed by atoms with Gasteiger partial charge in [-0.2, -0.15) is 16.8 Å². The third-order valence-electron chi connectivity index (χ3n) is 4.03. The molecule has 1 saturated heterocycles. The Balaban J connectivity index is 1.99. The smallest absolute Gasteiger partial charge is 0.0662 e. The Labute approximate surface area is 107 Å². The van der Waals surface area contributed by atoms with Gasteiger partial charge in [0.2, 0.25) is 0 Å². The first kappa shape index (κ1) is 11.6. The SMILES string of the molecule is CC1c2ccc(CC3CS3)cc2C(C)(C)N1O. The van der Waals surface area contributed by atoms with Crippen LogP contribution in [0.4, 0.5) is 0 Å². The normalized spacial score (nSPS) is 30.4. The van der Waals surface area contributed by atoms with Crippen molar-refractivity contribution in [3.8, 4) is 0 Å². The second-order valence-electron chi connectivity index (χ2n) is 5.66. The van der Waals surface area contributed by atoms with E-state index in [1.54, 1.807) is 0 Å². The van der Waals surface area contributed by atoms with Crippen molar-refractivity contribution >= 4 is 11.8 Å². The molecule has 1 aromatic carbocycles. The van der Waals surface area contributed by atoms with Gasteiger partial charge in [-0.1, -0.05) is 18.2 Å². The van der Waals surface area contributed by atoms with Gasteiger partial charge >= 0.3 is 0 Å². The molecule has 0 spiro atoms. The van der Waals surface area contributed by atoms with Gasteiger partial charge in [-0.25, -0.2) is 0 Å². The van der Waals surface area contributed by atoms with Crippen LogP contribution in [0.1, 0.15) is 43.5 Å². The van der Waals surface area contributed by atoms with Gasteiger partial charge in [0.1, 0.15) is 0 Å². The predicted molar refractivity (Wildman–Crippen MR) is 71.5 cm³/mol. The van der Waals surface area contributed by atoms with Gasteiger partial charge in [-0.3, -0.25) is 0 Å². The average molecular weight is 249 g/mol. The van der Waals surface area contributed by atoms with E-state index in [1.807, 2.05) is 11.8 Å². The van der Waals surface area contributed by atoms with E-state index >= 15 is 0 Å². The molecule has 2 atom stereocenters. The summed E-state index contributed by atoms with van der Waals surface area (Å²) in [6, 6.07) is 6.81. The first-order valence-corrected chi connectivity index (χ1v) is 7.28. The van der Waals surface area contributed by atoms with Crippen molar-refractivity contribution < 1.29 is 5.21 Å². The summed E-state index contributed by atoms with van der Waals surface area (Å²) in [6.45, 7) is 6.24. The Morgan fingerprint density at radius 1 is 1.47 bits per heavy atom. The topological polar surface area (TPSA) is 23.5 Å². The fourth-order valence-electron chi connectivity index (χ4n) is 2.81. The van der Waals surface area contributed by atoms with E-state index < -0.39 is 0 Å². The molecule has 3 rings (SSSR count). The summed E-state index contributed by atoms with van der Waals surface area (Å²) in [7, 11) is 0. The van der Waals surface area contributed by atoms with Crippen LogP contribution in [-0.2, 0) is 12.0 Å². The van der Waals surface area contributed by atoms with Gasteiger partial charge in [0.15, 0.2) is 0 Å². The Hall–Kier alpha value is -0.510. The van der Waals surface area contributed by atoms with E-state index in [-0.39, 0.29) is 11.6 Å². The number of nitrogens with zero attached hydrogens (tertiary/aromatic N) is 1. The lowest BCUT2D eigenvalue weighted by molar-refractivity contribution is -0.181. The van der Waals surface area contributed by atoms with Crippen LogP contribution in [0.3, 0.4) is 0 Å². The molecule has 2 aliphatic heterocycles. The summed E-state index contributed by atoms with van der Waals surface area (Å²) in [4.78, 5) is 0. The molecular formula is C14H19NOS. The van der Waals surface area contributed by atoms with Crippen molar-refractivity contribution in [2.45, 2.75) is 44.0 Å². The standard InChI is InChI=1S/C14H19NOS/c1-9-12-5-4-10(6-11-8-17-11)7-13(12)14(2,3)15(9)16/h4-5,7,9,11,16H,6,8H2,1-3H3. The molecular weight excluding hydrogens is 230 g/mol. The van der Waals surface area contributed by atoms with Crippen molar-refractivity contribution in [1.82, 2.24) is 5.06 Å². The third kappa shape index (κ3) is 1.81. The van der Waals surface area contributed by atoms with Crippen LogP contribution in [-0.4, -0.2) is 21.3 Å². The van der Waals surface area contributed by atoms with E-state index in [2.05, 4.69) is 39.0 Å². The fourth-order valence-corrected chi connectivity index (χ4v) is 3.38. The Morgan fingerprint density at radius 2 is 2.18 bits per heavy atom. The van der Waals surface area contributed by atoms with E-state index in [9.17, 15) is 5.21 Å². The maximum Gasteiger partial charge on any atom is 0.0662 e. The molecule has 0 radical (unpaired) electrons. The highest BCUT2D eigenvalue weighted by Gasteiger charge is 2.41. The summed E-state index contributed by atoms with van der Waals surface area (Å²) in [6.07, 6.45) is 1.17. The summed E-state index contributed by atoms with van der Waals surface area (Å²) >= 11 is 2.04. The highest BCUT2D eigenvalue weighted by Crippen LogP contribution is 2.45. The number of rotatable bonds is 2. The molecule has 92 valence electrons. The summed E-state index contributed by atoms with van der Waals surface area (Å²) in [5, 5.41) is 12.5. The molecule has 1 N–H and O–H groups in total. The summed E-state index contributed by atoms with van der Waals surface area (Å²) in [5.41, 5.74) is 3.70. The summed E-state index contributed by atoms with van der Waals surface area (Å²) in [5.74, 6) is 1.31. The van der Waals surface area contributed by atoms with E-state index in [0.29, 0.717) is 0 Å². The fraction of sp³-hybridized carbons (Fsp3) is 0.571. The number of benzene rings is 1.